The average molecular weight is 335 g/mol. The number of aryl methyl sites for hydroxylation is 1. The van der Waals surface area contributed by atoms with Crippen LogP contribution in [0.15, 0.2) is 6.07 Å². The van der Waals surface area contributed by atoms with Crippen LogP contribution in [0.5, 0.6) is 0 Å². The first-order valence-electron chi connectivity index (χ1n) is 8.37. The Hall–Kier alpha value is -1.40. The fourth-order valence-electron chi connectivity index (χ4n) is 2.99. The highest BCUT2D eigenvalue weighted by Crippen LogP contribution is 2.30. The summed E-state index contributed by atoms with van der Waals surface area (Å²) in [6.07, 6.45) is 1.11. The predicted molar refractivity (Wildman–Crippen MR) is 93.1 cm³/mol. The molecule has 1 aliphatic heterocycles. The van der Waals surface area contributed by atoms with Crippen molar-refractivity contribution in [2.24, 2.45) is 5.92 Å². The summed E-state index contributed by atoms with van der Waals surface area (Å²) in [4.78, 5) is 16.7. The van der Waals surface area contributed by atoms with Crippen LogP contribution in [0.25, 0.3) is 10.2 Å². The van der Waals surface area contributed by atoms with E-state index >= 15 is 0 Å². The van der Waals surface area contributed by atoms with Crippen molar-refractivity contribution in [3.05, 3.63) is 16.6 Å². The Kier molecular flexibility index (Phi) is 4.73. The second-order valence-corrected chi connectivity index (χ2v) is 7.67. The fraction of sp³-hybridized carbons (Fsp3) is 0.647. The third-order valence-corrected chi connectivity index (χ3v) is 5.37. The van der Waals surface area contributed by atoms with Crippen molar-refractivity contribution in [1.82, 2.24) is 14.7 Å². The SMILES string of the molecule is CC[C@@H]1CN(C(=O)c2cc3c(C)nn(CC(C)C)c3s2)CCO1. The second kappa shape index (κ2) is 6.61. The maximum atomic E-state index is 12.8. The molecular weight excluding hydrogens is 310 g/mol. The highest BCUT2D eigenvalue weighted by Gasteiger charge is 2.26. The van der Waals surface area contributed by atoms with Crippen LogP contribution in [0.3, 0.4) is 0 Å². The molecule has 3 rings (SSSR count). The molecule has 3 heterocycles. The van der Waals surface area contributed by atoms with Crippen LogP contribution in [0, 0.1) is 12.8 Å². The van der Waals surface area contributed by atoms with E-state index in [-0.39, 0.29) is 12.0 Å². The van der Waals surface area contributed by atoms with Gasteiger partial charge in [-0.15, -0.1) is 11.3 Å². The lowest BCUT2D eigenvalue weighted by Crippen LogP contribution is -2.45. The molecule has 126 valence electrons. The topological polar surface area (TPSA) is 47.4 Å². The molecule has 1 fully saturated rings. The molecule has 0 spiro atoms. The van der Waals surface area contributed by atoms with Crippen LogP contribution in [-0.2, 0) is 11.3 Å². The Morgan fingerprint density at radius 2 is 2.30 bits per heavy atom. The molecule has 23 heavy (non-hydrogen) atoms. The molecule has 1 saturated heterocycles. The fourth-order valence-corrected chi connectivity index (χ4v) is 4.13. The molecule has 2 aromatic heterocycles. The summed E-state index contributed by atoms with van der Waals surface area (Å²) in [5, 5.41) is 5.72. The number of carbonyl (C=O) groups is 1. The number of aromatic nitrogens is 2. The van der Waals surface area contributed by atoms with E-state index in [4.69, 9.17) is 4.74 Å². The molecule has 6 heteroatoms. The van der Waals surface area contributed by atoms with Gasteiger partial charge in [-0.2, -0.15) is 5.10 Å². The Balaban J connectivity index is 1.86. The van der Waals surface area contributed by atoms with E-state index in [0.717, 1.165) is 33.8 Å². The largest absolute Gasteiger partial charge is 0.375 e. The lowest BCUT2D eigenvalue weighted by atomic mass is 10.2. The van der Waals surface area contributed by atoms with Gasteiger partial charge in [0.2, 0.25) is 0 Å². The third-order valence-electron chi connectivity index (χ3n) is 4.24. The number of hydrogen-bond donors (Lipinski definition) is 0. The molecule has 5 nitrogen and oxygen atoms in total. The molecular formula is C17H25N3O2S. The Labute approximate surface area is 141 Å². The number of amides is 1. The van der Waals surface area contributed by atoms with Crippen LogP contribution in [-0.4, -0.2) is 46.4 Å². The van der Waals surface area contributed by atoms with Crippen LogP contribution < -0.4 is 0 Å². The minimum atomic E-state index is 0.128. The number of nitrogens with zero attached hydrogens (tertiary/aromatic N) is 3. The van der Waals surface area contributed by atoms with Crippen molar-refractivity contribution >= 4 is 27.5 Å². The summed E-state index contributed by atoms with van der Waals surface area (Å²) in [7, 11) is 0. The Bertz CT molecular complexity index is 704. The number of rotatable bonds is 4. The quantitative estimate of drug-likeness (QED) is 0.861. The molecule has 0 N–H and O–H groups in total. The first kappa shape index (κ1) is 16.5. The van der Waals surface area contributed by atoms with Gasteiger partial charge in [-0.05, 0) is 25.3 Å². The van der Waals surface area contributed by atoms with E-state index in [1.807, 2.05) is 22.6 Å². The van der Waals surface area contributed by atoms with Crippen LogP contribution >= 0.6 is 11.3 Å². The number of hydrogen-bond acceptors (Lipinski definition) is 4. The lowest BCUT2D eigenvalue weighted by Gasteiger charge is -2.32. The monoisotopic (exact) mass is 335 g/mol. The van der Waals surface area contributed by atoms with Crippen molar-refractivity contribution in [1.29, 1.82) is 0 Å². The van der Waals surface area contributed by atoms with E-state index in [1.165, 1.54) is 0 Å². The third kappa shape index (κ3) is 3.28. The summed E-state index contributed by atoms with van der Waals surface area (Å²) < 4.78 is 7.71. The molecule has 0 radical (unpaired) electrons. The smallest absolute Gasteiger partial charge is 0.264 e. The van der Waals surface area contributed by atoms with E-state index in [2.05, 4.69) is 25.9 Å². The van der Waals surface area contributed by atoms with Gasteiger partial charge >= 0.3 is 0 Å². The highest BCUT2D eigenvalue weighted by atomic mass is 32.1. The standard InChI is InChI=1S/C17H25N3O2S/c1-5-13-10-19(6-7-22-13)16(21)15-8-14-12(4)18-20(9-11(2)3)17(14)23-15/h8,11,13H,5-7,9-10H2,1-4H3/t13-/m1/s1. The van der Waals surface area contributed by atoms with Gasteiger partial charge in [0, 0.05) is 25.0 Å². The minimum Gasteiger partial charge on any atom is -0.375 e. The van der Waals surface area contributed by atoms with Gasteiger partial charge < -0.3 is 9.64 Å². The molecule has 0 aliphatic carbocycles. The normalized spacial score (nSPS) is 19.0. The van der Waals surface area contributed by atoms with Gasteiger partial charge in [0.25, 0.3) is 5.91 Å². The van der Waals surface area contributed by atoms with E-state index in [9.17, 15) is 4.79 Å². The summed E-state index contributed by atoms with van der Waals surface area (Å²) in [6, 6.07) is 2.01. The molecule has 1 aliphatic rings. The summed E-state index contributed by atoms with van der Waals surface area (Å²) in [6.45, 7) is 11.4. The van der Waals surface area contributed by atoms with Crippen LogP contribution in [0.1, 0.15) is 42.6 Å². The molecule has 0 saturated carbocycles. The maximum absolute atomic E-state index is 12.8. The summed E-state index contributed by atoms with van der Waals surface area (Å²) in [5.41, 5.74) is 1.00. The zero-order valence-electron chi connectivity index (χ0n) is 14.3. The number of fused-ring (bicyclic) bond motifs is 1. The molecule has 0 aromatic carbocycles. The minimum absolute atomic E-state index is 0.128. The lowest BCUT2D eigenvalue weighted by molar-refractivity contribution is -0.0224. The summed E-state index contributed by atoms with van der Waals surface area (Å²) in [5.74, 6) is 0.659. The summed E-state index contributed by atoms with van der Waals surface area (Å²) >= 11 is 1.57. The van der Waals surface area contributed by atoms with Gasteiger partial charge in [0.05, 0.1) is 23.3 Å². The van der Waals surface area contributed by atoms with Gasteiger partial charge in [0.1, 0.15) is 4.83 Å². The number of thiophene rings is 1. The van der Waals surface area contributed by atoms with Crippen LogP contribution in [0.2, 0.25) is 0 Å². The molecule has 2 aromatic rings. The first-order chi connectivity index (χ1) is 11.0. The van der Waals surface area contributed by atoms with Gasteiger partial charge in [-0.3, -0.25) is 9.48 Å². The second-order valence-electron chi connectivity index (χ2n) is 6.64. The van der Waals surface area contributed by atoms with Gasteiger partial charge in [-0.1, -0.05) is 20.8 Å². The number of carbonyl (C=O) groups excluding carboxylic acids is 1. The van der Waals surface area contributed by atoms with Crippen molar-refractivity contribution in [3.63, 3.8) is 0 Å². The van der Waals surface area contributed by atoms with E-state index < -0.39 is 0 Å². The highest BCUT2D eigenvalue weighted by molar-refractivity contribution is 7.20. The van der Waals surface area contributed by atoms with Crippen molar-refractivity contribution in [3.8, 4) is 0 Å². The van der Waals surface area contributed by atoms with Crippen molar-refractivity contribution in [2.75, 3.05) is 19.7 Å². The Morgan fingerprint density at radius 3 is 3.00 bits per heavy atom. The van der Waals surface area contributed by atoms with Crippen molar-refractivity contribution in [2.45, 2.75) is 46.8 Å². The van der Waals surface area contributed by atoms with Gasteiger partial charge in [-0.25, -0.2) is 0 Å². The zero-order valence-corrected chi connectivity index (χ0v) is 15.2. The average Bonchev–Trinajstić information content (AvgIpc) is 3.08. The maximum Gasteiger partial charge on any atom is 0.264 e. The predicted octanol–water partition coefficient (Wildman–Crippen LogP) is 3.31. The van der Waals surface area contributed by atoms with E-state index in [0.29, 0.717) is 25.6 Å². The zero-order chi connectivity index (χ0) is 16.6. The van der Waals surface area contributed by atoms with Crippen molar-refractivity contribution < 1.29 is 9.53 Å². The van der Waals surface area contributed by atoms with E-state index in [1.54, 1.807) is 11.3 Å². The molecule has 0 bridgehead atoms. The molecule has 0 unspecified atom stereocenters. The number of ether oxygens (including phenoxy) is 1. The first-order valence-corrected chi connectivity index (χ1v) is 9.19. The Morgan fingerprint density at radius 1 is 1.52 bits per heavy atom. The molecule has 1 atom stereocenters. The number of morpholine rings is 1. The molecule has 1 amide bonds. The van der Waals surface area contributed by atoms with Crippen LogP contribution in [0.4, 0.5) is 0 Å². The van der Waals surface area contributed by atoms with Gasteiger partial charge in [0.15, 0.2) is 0 Å².